The topological polar surface area (TPSA) is 167 Å². The van der Waals surface area contributed by atoms with Crippen molar-refractivity contribution in [3.63, 3.8) is 0 Å². The fourth-order valence-electron chi connectivity index (χ4n) is 10.8. The van der Waals surface area contributed by atoms with Gasteiger partial charge in [0.15, 0.2) is 11.9 Å². The number of ketones is 1. The summed E-state index contributed by atoms with van der Waals surface area (Å²) in [7, 11) is 0. The van der Waals surface area contributed by atoms with Crippen molar-refractivity contribution < 1.29 is 58.1 Å². The Morgan fingerprint density at radius 3 is 2.16 bits per heavy atom. The maximum absolute atomic E-state index is 14.5. The van der Waals surface area contributed by atoms with Gasteiger partial charge >= 0.3 is 11.9 Å². The highest BCUT2D eigenvalue weighted by Gasteiger charge is 2.64. The second kappa shape index (κ2) is 17.3. The van der Waals surface area contributed by atoms with Gasteiger partial charge in [0.05, 0.1) is 53.7 Å². The van der Waals surface area contributed by atoms with Gasteiger partial charge in [0, 0.05) is 37.0 Å². The molecule has 0 aromatic carbocycles. The Morgan fingerprint density at radius 2 is 1.57 bits per heavy atom. The van der Waals surface area contributed by atoms with Crippen LogP contribution in [0.5, 0.6) is 0 Å². The van der Waals surface area contributed by atoms with E-state index in [2.05, 4.69) is 20.8 Å². The number of rotatable bonds is 13. The fraction of sp³-hybridized carbons (Fsp3) is 0.886. The molecular weight excluding hydrogens is 720 g/mol. The molecule has 1 unspecified atom stereocenters. The third kappa shape index (κ3) is 8.54. The minimum Gasteiger partial charge on any atom is -0.481 e. The molecule has 5 rings (SSSR count). The Hall–Kier alpha value is -1.93. The van der Waals surface area contributed by atoms with Gasteiger partial charge in [-0.05, 0) is 95.6 Å². The zero-order valence-electron chi connectivity index (χ0n) is 35.8. The van der Waals surface area contributed by atoms with Gasteiger partial charge in [-0.1, -0.05) is 55.4 Å². The summed E-state index contributed by atoms with van der Waals surface area (Å²) in [5.41, 5.74) is -1.70. The van der Waals surface area contributed by atoms with Crippen molar-refractivity contribution in [3.8, 4) is 0 Å². The highest BCUT2D eigenvalue weighted by atomic mass is 16.8. The SMILES string of the molecule is CC[C@@H](C(=O)[C@@H](C)[C@@H](O)[C@H](C)[C@@H]1O[C@@H]([C@@H](CC)C(=O)O)CCC1C)[C@H]1O[C@@]2(C=C[C@H](OC(C)=O)[C@]3(CC[C@@](C)([C@H]4CC[C@](O)(CC)[C@H](C)O4)O3)O2)[C@H](C)C[C@@H]1C. The number of aliphatic carboxylic acids is 1. The van der Waals surface area contributed by atoms with E-state index < -0.39 is 82.8 Å². The molecule has 18 atom stereocenters. The number of hydrogen-bond donors (Lipinski definition) is 3. The largest absolute Gasteiger partial charge is 0.481 e. The predicted molar refractivity (Wildman–Crippen MR) is 208 cm³/mol. The van der Waals surface area contributed by atoms with E-state index in [1.165, 1.54) is 6.92 Å². The third-order valence-corrected chi connectivity index (χ3v) is 14.7. The minimum atomic E-state index is -1.38. The van der Waals surface area contributed by atoms with Crippen LogP contribution in [0.1, 0.15) is 140 Å². The van der Waals surface area contributed by atoms with Gasteiger partial charge in [-0.3, -0.25) is 14.4 Å². The Kier molecular flexibility index (Phi) is 14.0. The molecule has 4 saturated heterocycles. The second-order valence-corrected chi connectivity index (χ2v) is 18.5. The number of Topliss-reactive ketones (excluding diaryl/α,β-unsaturated/α-hetero) is 1. The summed E-state index contributed by atoms with van der Waals surface area (Å²) in [6, 6.07) is 0. The molecule has 3 N–H and O–H groups in total. The van der Waals surface area contributed by atoms with Crippen LogP contribution in [0.3, 0.4) is 0 Å². The number of esters is 1. The monoisotopic (exact) mass is 793 g/mol. The van der Waals surface area contributed by atoms with Crippen LogP contribution in [0.2, 0.25) is 0 Å². The molecule has 5 heterocycles. The highest BCUT2D eigenvalue weighted by molar-refractivity contribution is 5.84. The van der Waals surface area contributed by atoms with Crippen LogP contribution in [0, 0.1) is 41.4 Å². The maximum atomic E-state index is 14.5. The average molecular weight is 793 g/mol. The van der Waals surface area contributed by atoms with E-state index in [9.17, 15) is 29.7 Å². The molecule has 5 aliphatic heterocycles. The van der Waals surface area contributed by atoms with Crippen molar-refractivity contribution in [2.75, 3.05) is 0 Å². The lowest BCUT2D eigenvalue weighted by Gasteiger charge is -2.54. The van der Waals surface area contributed by atoms with Crippen LogP contribution in [-0.2, 0) is 42.8 Å². The lowest BCUT2D eigenvalue weighted by molar-refractivity contribution is -0.409. The number of carbonyl (C=O) groups is 3. The number of hydrogen-bond acceptors (Lipinski definition) is 11. The molecule has 4 fully saturated rings. The minimum absolute atomic E-state index is 0.0147. The Labute approximate surface area is 334 Å². The normalized spacial score (nSPS) is 44.2. The zero-order valence-corrected chi connectivity index (χ0v) is 35.8. The standard InChI is InChI=1S/C44H72O12/c1-12-31(40(48)49)33-16-15-24(4)38(53-33)28(8)36(46)27(7)37(47)32(13-2)39-25(5)23-26(6)43(54-39)20-18-35(52-30(10)45)44(56-43)22-21-41(11,55-44)34-17-19-42(50,14-3)29(9)51-34/h18,20,24-29,31-36,38-39,46,50H,12-17,19,21-23H2,1-11H3,(H,48,49)/t24?,25-,26+,27-,28-,29-,31+,32-,33+,34+,35-,36+,38+,39-,41-,42+,43+,44-/m0/s1. The fourth-order valence-corrected chi connectivity index (χ4v) is 10.8. The van der Waals surface area contributed by atoms with Gasteiger partial charge in [-0.15, -0.1) is 0 Å². The summed E-state index contributed by atoms with van der Waals surface area (Å²) in [5, 5.41) is 32.7. The van der Waals surface area contributed by atoms with Gasteiger partial charge in [-0.2, -0.15) is 0 Å². The van der Waals surface area contributed by atoms with E-state index in [1.54, 1.807) is 6.92 Å². The zero-order chi connectivity index (χ0) is 41.5. The molecule has 56 heavy (non-hydrogen) atoms. The third-order valence-electron chi connectivity index (χ3n) is 14.7. The molecule has 0 amide bonds. The molecular formula is C44H72O12. The van der Waals surface area contributed by atoms with Crippen LogP contribution in [0.4, 0.5) is 0 Å². The average Bonchev–Trinajstić information content (AvgIpc) is 3.49. The van der Waals surface area contributed by atoms with E-state index in [-0.39, 0.29) is 41.8 Å². The Morgan fingerprint density at radius 1 is 0.893 bits per heavy atom. The Bertz CT molecular complexity index is 1440. The highest BCUT2D eigenvalue weighted by Crippen LogP contribution is 2.54. The van der Waals surface area contributed by atoms with E-state index in [1.807, 2.05) is 53.7 Å². The van der Waals surface area contributed by atoms with Crippen molar-refractivity contribution in [3.05, 3.63) is 12.2 Å². The molecule has 0 radical (unpaired) electrons. The summed E-state index contributed by atoms with van der Waals surface area (Å²) < 4.78 is 39.8. The molecule has 0 saturated carbocycles. The second-order valence-electron chi connectivity index (χ2n) is 18.5. The van der Waals surface area contributed by atoms with Gasteiger partial charge in [0.2, 0.25) is 5.79 Å². The molecule has 0 aromatic heterocycles. The van der Waals surface area contributed by atoms with Crippen molar-refractivity contribution in [2.45, 2.75) is 206 Å². The van der Waals surface area contributed by atoms with Gasteiger partial charge in [0.25, 0.3) is 0 Å². The number of carboxylic acid groups (broad SMARTS) is 1. The molecule has 5 aliphatic rings. The van der Waals surface area contributed by atoms with Crippen molar-refractivity contribution in [2.24, 2.45) is 41.4 Å². The van der Waals surface area contributed by atoms with Crippen molar-refractivity contribution in [1.82, 2.24) is 0 Å². The number of aliphatic hydroxyl groups is 2. The quantitative estimate of drug-likeness (QED) is 0.133. The van der Waals surface area contributed by atoms with Crippen LogP contribution in [-0.4, -0.2) is 98.5 Å². The lowest BCUT2D eigenvalue weighted by Crippen LogP contribution is -2.63. The van der Waals surface area contributed by atoms with Gasteiger partial charge in [-0.25, -0.2) is 0 Å². The molecule has 0 bridgehead atoms. The van der Waals surface area contributed by atoms with Gasteiger partial charge in [0.1, 0.15) is 5.78 Å². The van der Waals surface area contributed by atoms with Crippen LogP contribution in [0.25, 0.3) is 0 Å². The van der Waals surface area contributed by atoms with Crippen LogP contribution < -0.4 is 0 Å². The number of aliphatic hydroxyl groups excluding tert-OH is 1. The first kappa shape index (κ1) is 45.2. The molecule has 12 heteroatoms. The molecule has 2 spiro atoms. The van der Waals surface area contributed by atoms with E-state index >= 15 is 0 Å². The summed E-state index contributed by atoms with van der Waals surface area (Å²) in [5.74, 6) is -6.48. The summed E-state index contributed by atoms with van der Waals surface area (Å²) in [4.78, 5) is 38.9. The number of ether oxygens (including phenoxy) is 6. The first-order chi connectivity index (χ1) is 26.2. The Balaban J connectivity index is 1.36. The number of carbonyl (C=O) groups excluding carboxylic acids is 2. The van der Waals surface area contributed by atoms with Crippen molar-refractivity contribution >= 4 is 17.7 Å². The van der Waals surface area contributed by atoms with Crippen molar-refractivity contribution in [1.29, 1.82) is 0 Å². The van der Waals surface area contributed by atoms with E-state index in [0.29, 0.717) is 57.8 Å². The summed E-state index contributed by atoms with van der Waals surface area (Å²) in [6.45, 7) is 20.9. The molecule has 0 aromatic rings. The summed E-state index contributed by atoms with van der Waals surface area (Å²) in [6.07, 6.45) is 5.50. The van der Waals surface area contributed by atoms with Crippen LogP contribution in [0.15, 0.2) is 12.2 Å². The van der Waals surface area contributed by atoms with Gasteiger partial charge < -0.3 is 43.7 Å². The lowest BCUT2D eigenvalue weighted by atomic mass is 9.72. The predicted octanol–water partition coefficient (Wildman–Crippen LogP) is 6.76. The van der Waals surface area contributed by atoms with E-state index in [0.717, 1.165) is 6.42 Å². The molecule has 12 nitrogen and oxygen atoms in total. The summed E-state index contributed by atoms with van der Waals surface area (Å²) >= 11 is 0. The first-order valence-corrected chi connectivity index (χ1v) is 21.6. The smallest absolute Gasteiger partial charge is 0.309 e. The van der Waals surface area contributed by atoms with E-state index in [4.69, 9.17) is 28.4 Å². The molecule has 0 aliphatic carbocycles. The van der Waals surface area contributed by atoms with Crippen LogP contribution >= 0.6 is 0 Å². The number of carboxylic acids is 1. The molecule has 320 valence electrons. The maximum Gasteiger partial charge on any atom is 0.309 e. The first-order valence-electron chi connectivity index (χ1n) is 21.6.